The van der Waals surface area contributed by atoms with Crippen LogP contribution in [0.5, 0.6) is 0 Å². The quantitative estimate of drug-likeness (QED) is 0.470. The lowest BCUT2D eigenvalue weighted by Crippen LogP contribution is -2.51. The Morgan fingerprint density at radius 1 is 1.42 bits per heavy atom. The smallest absolute Gasteiger partial charge is 0.194 e. The highest BCUT2D eigenvalue weighted by Crippen LogP contribution is 2.29. The van der Waals surface area contributed by atoms with E-state index in [1.807, 2.05) is 42.1 Å². The molecule has 1 aromatic rings. The molecule has 136 valence electrons. The number of rotatable bonds is 6. The van der Waals surface area contributed by atoms with Crippen molar-refractivity contribution in [1.82, 2.24) is 25.0 Å². The van der Waals surface area contributed by atoms with Crippen LogP contribution >= 0.6 is 23.5 Å². The Kier molecular flexibility index (Phi) is 7.28. The summed E-state index contributed by atoms with van der Waals surface area (Å²) in [5, 5.41) is 11.9. The van der Waals surface area contributed by atoms with E-state index in [9.17, 15) is 0 Å². The number of aryl methyl sites for hydroxylation is 1. The van der Waals surface area contributed by atoms with Crippen molar-refractivity contribution in [2.45, 2.75) is 38.5 Å². The highest BCUT2D eigenvalue weighted by atomic mass is 32.2. The molecule has 2 rings (SSSR count). The summed E-state index contributed by atoms with van der Waals surface area (Å²) in [7, 11) is 1.99. The molecule has 1 N–H and O–H groups in total. The Balaban J connectivity index is 2.06. The largest absolute Gasteiger partial charge is 0.356 e. The van der Waals surface area contributed by atoms with Crippen LogP contribution in [0.25, 0.3) is 0 Å². The molecule has 2 heterocycles. The molecule has 8 heteroatoms. The second-order valence-corrected chi connectivity index (χ2v) is 9.45. The maximum absolute atomic E-state index is 4.85. The lowest BCUT2D eigenvalue weighted by molar-refractivity contribution is 0.374. The van der Waals surface area contributed by atoms with Crippen molar-refractivity contribution in [3.63, 3.8) is 0 Å². The fourth-order valence-electron chi connectivity index (χ4n) is 2.62. The summed E-state index contributed by atoms with van der Waals surface area (Å²) in [4.78, 5) is 7.23. The fraction of sp³-hybridized carbons (Fsp3) is 0.812. The van der Waals surface area contributed by atoms with Gasteiger partial charge in [-0.25, -0.2) is 4.99 Å². The molecule has 6 nitrogen and oxygen atoms in total. The topological polar surface area (TPSA) is 58.3 Å². The first-order chi connectivity index (χ1) is 11.4. The first-order valence-electron chi connectivity index (χ1n) is 8.44. The molecule has 0 spiro atoms. The fourth-order valence-corrected chi connectivity index (χ4v) is 4.16. The van der Waals surface area contributed by atoms with Gasteiger partial charge in [-0.2, -0.15) is 23.5 Å². The van der Waals surface area contributed by atoms with Gasteiger partial charge in [-0.1, -0.05) is 0 Å². The van der Waals surface area contributed by atoms with Crippen LogP contribution < -0.4 is 5.32 Å². The maximum Gasteiger partial charge on any atom is 0.194 e. The second kappa shape index (κ2) is 8.99. The number of hydrogen-bond donors (Lipinski definition) is 1. The molecular formula is C16H30N6S2. The van der Waals surface area contributed by atoms with Gasteiger partial charge in [-0.15, -0.1) is 10.2 Å². The Bertz CT molecular complexity index is 555. The predicted molar refractivity (Wildman–Crippen MR) is 106 cm³/mol. The SMILES string of the molecule is CSCCCNC(=NCc1nnc(C)n1C)N1CCSC(C)(C)C1. The number of thioether (sulfide) groups is 2. The van der Waals surface area contributed by atoms with Crippen molar-refractivity contribution in [3.05, 3.63) is 11.6 Å². The summed E-state index contributed by atoms with van der Waals surface area (Å²) >= 11 is 3.92. The molecule has 0 atom stereocenters. The summed E-state index contributed by atoms with van der Waals surface area (Å²) in [6.45, 7) is 10.2. The molecule has 1 aliphatic rings. The van der Waals surface area contributed by atoms with Crippen LogP contribution in [0.3, 0.4) is 0 Å². The van der Waals surface area contributed by atoms with E-state index in [-0.39, 0.29) is 4.75 Å². The average Bonchev–Trinajstić information content (AvgIpc) is 2.85. The van der Waals surface area contributed by atoms with Gasteiger partial charge in [-0.05, 0) is 39.2 Å². The zero-order valence-electron chi connectivity index (χ0n) is 15.5. The van der Waals surface area contributed by atoms with Crippen LogP contribution in [0.2, 0.25) is 0 Å². The van der Waals surface area contributed by atoms with Crippen LogP contribution in [0, 0.1) is 6.92 Å². The van der Waals surface area contributed by atoms with Crippen LogP contribution in [-0.2, 0) is 13.6 Å². The number of hydrogen-bond acceptors (Lipinski definition) is 5. The maximum atomic E-state index is 4.85. The Hall–Kier alpha value is -0.890. The van der Waals surface area contributed by atoms with Crippen molar-refractivity contribution < 1.29 is 0 Å². The lowest BCUT2D eigenvalue weighted by atomic mass is 10.2. The van der Waals surface area contributed by atoms with Crippen molar-refractivity contribution in [2.75, 3.05) is 37.4 Å². The Morgan fingerprint density at radius 3 is 2.83 bits per heavy atom. The van der Waals surface area contributed by atoms with Gasteiger partial charge >= 0.3 is 0 Å². The van der Waals surface area contributed by atoms with E-state index < -0.39 is 0 Å². The summed E-state index contributed by atoms with van der Waals surface area (Å²) in [6.07, 6.45) is 3.30. The molecule has 0 aromatic carbocycles. The third-order valence-electron chi connectivity index (χ3n) is 4.09. The lowest BCUT2D eigenvalue weighted by Gasteiger charge is -2.39. The van der Waals surface area contributed by atoms with Gasteiger partial charge in [0.2, 0.25) is 0 Å². The number of nitrogens with zero attached hydrogens (tertiary/aromatic N) is 5. The summed E-state index contributed by atoms with van der Waals surface area (Å²) in [5.41, 5.74) is 0. The van der Waals surface area contributed by atoms with Gasteiger partial charge in [0.15, 0.2) is 11.8 Å². The van der Waals surface area contributed by atoms with Crippen molar-refractivity contribution >= 4 is 29.5 Å². The standard InChI is InChI=1S/C16H30N6S2/c1-13-19-20-14(21(13)4)11-18-15(17-7-6-9-23-5)22-8-10-24-16(2,3)12-22/h6-12H2,1-5H3,(H,17,18). The third-order valence-corrected chi connectivity index (χ3v) is 6.08. The van der Waals surface area contributed by atoms with E-state index in [4.69, 9.17) is 4.99 Å². The molecule has 0 saturated carbocycles. The van der Waals surface area contributed by atoms with Crippen molar-refractivity contribution in [1.29, 1.82) is 0 Å². The van der Waals surface area contributed by atoms with Gasteiger partial charge in [-0.3, -0.25) is 0 Å². The molecule has 24 heavy (non-hydrogen) atoms. The minimum absolute atomic E-state index is 0.265. The van der Waals surface area contributed by atoms with Gasteiger partial charge in [0.1, 0.15) is 12.4 Å². The number of guanidine groups is 1. The number of nitrogens with one attached hydrogen (secondary N) is 1. The van der Waals surface area contributed by atoms with Gasteiger partial charge < -0.3 is 14.8 Å². The van der Waals surface area contributed by atoms with Crippen molar-refractivity contribution in [3.8, 4) is 0 Å². The highest BCUT2D eigenvalue weighted by Gasteiger charge is 2.28. The van der Waals surface area contributed by atoms with Gasteiger partial charge in [0.05, 0.1) is 0 Å². The van der Waals surface area contributed by atoms with E-state index in [1.165, 1.54) is 5.75 Å². The first-order valence-corrected chi connectivity index (χ1v) is 10.8. The van der Waals surface area contributed by atoms with Crippen LogP contribution in [0.1, 0.15) is 31.9 Å². The second-order valence-electron chi connectivity index (χ2n) is 6.67. The Labute approximate surface area is 154 Å². The summed E-state index contributed by atoms with van der Waals surface area (Å²) < 4.78 is 2.27. The molecule has 1 saturated heterocycles. The van der Waals surface area contributed by atoms with Crippen LogP contribution in [0.15, 0.2) is 4.99 Å². The van der Waals surface area contributed by atoms with Gasteiger partial charge in [0, 0.05) is 37.2 Å². The first kappa shape index (κ1) is 19.4. The van der Waals surface area contributed by atoms with E-state index in [0.717, 1.165) is 49.4 Å². The normalized spacial score (nSPS) is 18.0. The minimum atomic E-state index is 0.265. The number of aliphatic imine (C=N–C) groups is 1. The van der Waals surface area contributed by atoms with E-state index >= 15 is 0 Å². The van der Waals surface area contributed by atoms with E-state index in [0.29, 0.717) is 6.54 Å². The molecule has 0 unspecified atom stereocenters. The molecule has 1 aliphatic heterocycles. The minimum Gasteiger partial charge on any atom is -0.356 e. The Morgan fingerprint density at radius 2 is 2.21 bits per heavy atom. The van der Waals surface area contributed by atoms with Gasteiger partial charge in [0.25, 0.3) is 0 Å². The zero-order valence-corrected chi connectivity index (χ0v) is 17.1. The van der Waals surface area contributed by atoms with Crippen LogP contribution in [0.4, 0.5) is 0 Å². The van der Waals surface area contributed by atoms with E-state index in [1.54, 1.807) is 0 Å². The predicted octanol–water partition coefficient (Wildman–Crippen LogP) is 2.15. The molecular weight excluding hydrogens is 340 g/mol. The highest BCUT2D eigenvalue weighted by molar-refractivity contribution is 8.00. The monoisotopic (exact) mass is 370 g/mol. The van der Waals surface area contributed by atoms with Crippen LogP contribution in [-0.4, -0.2) is 67.8 Å². The summed E-state index contributed by atoms with van der Waals surface area (Å²) in [6, 6.07) is 0. The molecule has 0 aliphatic carbocycles. The average molecular weight is 371 g/mol. The molecule has 1 fully saturated rings. The molecule has 0 bridgehead atoms. The van der Waals surface area contributed by atoms with E-state index in [2.05, 4.69) is 40.5 Å². The molecule has 0 amide bonds. The molecule has 1 aromatic heterocycles. The molecule has 0 radical (unpaired) electrons. The third kappa shape index (κ3) is 5.58. The van der Waals surface area contributed by atoms with Crippen molar-refractivity contribution in [2.24, 2.45) is 12.0 Å². The number of aromatic nitrogens is 3. The summed E-state index contributed by atoms with van der Waals surface area (Å²) in [5.74, 6) is 5.14. The zero-order chi connectivity index (χ0) is 17.6.